The number of hydrogen-bond donors (Lipinski definition) is 1. The summed E-state index contributed by atoms with van der Waals surface area (Å²) in [4.78, 5) is 6.49. The predicted octanol–water partition coefficient (Wildman–Crippen LogP) is 1.08. The van der Waals surface area contributed by atoms with E-state index in [1.54, 1.807) is 29.2 Å². The number of phenols is 1. The first-order chi connectivity index (χ1) is 13.4. The number of benzene rings is 1. The van der Waals surface area contributed by atoms with Crippen LogP contribution in [-0.4, -0.2) is 65.0 Å². The molecule has 1 N–H and O–H groups in total. The van der Waals surface area contributed by atoms with Crippen molar-refractivity contribution in [3.8, 4) is 17.5 Å². The molecule has 0 radical (unpaired) electrons. The van der Waals surface area contributed by atoms with Gasteiger partial charge in [0.1, 0.15) is 28.7 Å². The fourth-order valence-electron chi connectivity index (χ4n) is 3.29. The van der Waals surface area contributed by atoms with E-state index in [4.69, 9.17) is 0 Å². The molecule has 0 atom stereocenters. The molecule has 0 unspecified atom stereocenters. The standard InChI is InChI=1S/C18H18N6O3S/c1-28(26,27)23-7-5-22(6-8-23)18-9-13-12-24(21-15(13)11-20-18)16-3-2-4-17(25)14(16)10-19/h2-4,9,11-12,25H,5-8H2,1H3. The Morgan fingerprint density at radius 3 is 2.64 bits per heavy atom. The van der Waals surface area contributed by atoms with Gasteiger partial charge < -0.3 is 10.0 Å². The lowest BCUT2D eigenvalue weighted by atomic mass is 10.2. The fraction of sp³-hybridized carbons (Fsp3) is 0.278. The zero-order valence-electron chi connectivity index (χ0n) is 15.1. The Morgan fingerprint density at radius 1 is 1.21 bits per heavy atom. The zero-order valence-corrected chi connectivity index (χ0v) is 16.0. The normalized spacial score (nSPS) is 15.6. The van der Waals surface area contributed by atoms with Gasteiger partial charge in [-0.25, -0.2) is 18.1 Å². The van der Waals surface area contributed by atoms with Crippen LogP contribution in [-0.2, 0) is 10.0 Å². The summed E-state index contributed by atoms with van der Waals surface area (Å²) in [5, 5.41) is 24.5. The number of hydrogen-bond acceptors (Lipinski definition) is 7. The number of rotatable bonds is 3. The zero-order chi connectivity index (χ0) is 19.9. The van der Waals surface area contributed by atoms with Crippen molar-refractivity contribution < 1.29 is 13.5 Å². The number of sulfonamides is 1. The quantitative estimate of drug-likeness (QED) is 0.702. The van der Waals surface area contributed by atoms with Gasteiger partial charge in [0.2, 0.25) is 10.0 Å². The number of anilines is 1. The number of nitriles is 1. The van der Waals surface area contributed by atoms with Crippen molar-refractivity contribution in [1.82, 2.24) is 19.1 Å². The predicted molar refractivity (Wildman–Crippen MR) is 104 cm³/mol. The number of fused-ring (bicyclic) bond motifs is 1. The first-order valence-electron chi connectivity index (χ1n) is 8.65. The Labute approximate surface area is 162 Å². The van der Waals surface area contributed by atoms with Crippen LogP contribution in [0.25, 0.3) is 16.6 Å². The molecule has 0 aliphatic carbocycles. The first-order valence-corrected chi connectivity index (χ1v) is 10.5. The second-order valence-corrected chi connectivity index (χ2v) is 8.59. The maximum atomic E-state index is 11.7. The third-order valence-corrected chi connectivity index (χ3v) is 6.09. The first kappa shape index (κ1) is 18.2. The fourth-order valence-corrected chi connectivity index (χ4v) is 4.12. The molecule has 1 saturated heterocycles. The average molecular weight is 398 g/mol. The minimum absolute atomic E-state index is 0.0953. The van der Waals surface area contributed by atoms with Crippen LogP contribution < -0.4 is 4.90 Å². The second-order valence-electron chi connectivity index (χ2n) is 6.61. The molecular weight excluding hydrogens is 380 g/mol. The number of aromatic nitrogens is 3. The summed E-state index contributed by atoms with van der Waals surface area (Å²) in [7, 11) is -3.18. The van der Waals surface area contributed by atoms with E-state index in [9.17, 15) is 18.8 Å². The Hall–Kier alpha value is -3.16. The lowest BCUT2D eigenvalue weighted by molar-refractivity contribution is 0.387. The molecule has 1 aromatic carbocycles. The van der Waals surface area contributed by atoms with E-state index in [2.05, 4.69) is 10.1 Å². The van der Waals surface area contributed by atoms with Crippen LogP contribution in [0, 0.1) is 11.3 Å². The van der Waals surface area contributed by atoms with Gasteiger partial charge in [-0.1, -0.05) is 6.07 Å². The Kier molecular flexibility index (Phi) is 4.41. The number of phenolic OH excluding ortho intramolecular Hbond substituents is 1. The minimum atomic E-state index is -3.18. The second kappa shape index (κ2) is 6.78. The highest BCUT2D eigenvalue weighted by molar-refractivity contribution is 7.88. The molecule has 10 heteroatoms. The van der Waals surface area contributed by atoms with Crippen molar-refractivity contribution in [2.24, 2.45) is 0 Å². The highest BCUT2D eigenvalue weighted by atomic mass is 32.2. The molecule has 0 spiro atoms. The van der Waals surface area contributed by atoms with Crippen molar-refractivity contribution in [2.75, 3.05) is 37.3 Å². The van der Waals surface area contributed by atoms with E-state index in [0.29, 0.717) is 37.4 Å². The summed E-state index contributed by atoms with van der Waals surface area (Å²) in [6.45, 7) is 1.97. The van der Waals surface area contributed by atoms with Crippen molar-refractivity contribution in [2.45, 2.75) is 0 Å². The van der Waals surface area contributed by atoms with Crippen LogP contribution in [0.2, 0.25) is 0 Å². The summed E-state index contributed by atoms with van der Waals surface area (Å²) in [5.74, 6) is 0.652. The topological polar surface area (TPSA) is 115 Å². The molecule has 0 saturated carbocycles. The molecule has 0 amide bonds. The van der Waals surface area contributed by atoms with Crippen molar-refractivity contribution in [1.29, 1.82) is 5.26 Å². The summed E-state index contributed by atoms with van der Waals surface area (Å²) < 4.78 is 26.3. The third-order valence-electron chi connectivity index (χ3n) is 4.79. The lowest BCUT2D eigenvalue weighted by Gasteiger charge is -2.33. The van der Waals surface area contributed by atoms with Gasteiger partial charge in [0, 0.05) is 37.8 Å². The van der Waals surface area contributed by atoms with E-state index < -0.39 is 10.0 Å². The van der Waals surface area contributed by atoms with Crippen molar-refractivity contribution in [3.05, 3.63) is 42.2 Å². The highest BCUT2D eigenvalue weighted by Crippen LogP contribution is 2.26. The maximum Gasteiger partial charge on any atom is 0.211 e. The van der Waals surface area contributed by atoms with Crippen LogP contribution in [0.3, 0.4) is 0 Å². The summed E-state index contributed by atoms with van der Waals surface area (Å²) >= 11 is 0. The van der Waals surface area contributed by atoms with Crippen molar-refractivity contribution in [3.63, 3.8) is 0 Å². The maximum absolute atomic E-state index is 11.7. The SMILES string of the molecule is CS(=O)(=O)N1CCN(c2cc3cn(-c4cccc(O)c4C#N)nc3cn2)CC1. The van der Waals surface area contributed by atoms with Crippen molar-refractivity contribution >= 4 is 26.7 Å². The molecule has 144 valence electrons. The Morgan fingerprint density at radius 2 is 1.96 bits per heavy atom. The average Bonchev–Trinajstić information content (AvgIpc) is 3.10. The van der Waals surface area contributed by atoms with Gasteiger partial charge in [-0.05, 0) is 18.2 Å². The molecule has 4 rings (SSSR count). The van der Waals surface area contributed by atoms with Gasteiger partial charge >= 0.3 is 0 Å². The van der Waals surface area contributed by atoms with Crippen LogP contribution in [0.4, 0.5) is 5.82 Å². The molecule has 3 aromatic rings. The molecule has 1 aliphatic rings. The van der Waals surface area contributed by atoms with Gasteiger partial charge in [0.15, 0.2) is 0 Å². The Balaban J connectivity index is 1.63. The highest BCUT2D eigenvalue weighted by Gasteiger charge is 2.24. The summed E-state index contributed by atoms with van der Waals surface area (Å²) in [6.07, 6.45) is 4.65. The van der Waals surface area contributed by atoms with Crippen LogP contribution in [0.5, 0.6) is 5.75 Å². The molecule has 3 heterocycles. The van der Waals surface area contributed by atoms with Gasteiger partial charge in [-0.3, -0.25) is 0 Å². The summed E-state index contributed by atoms with van der Waals surface area (Å²) in [5.41, 5.74) is 1.30. The number of piperazine rings is 1. The largest absolute Gasteiger partial charge is 0.506 e. The third kappa shape index (κ3) is 3.26. The van der Waals surface area contributed by atoms with E-state index >= 15 is 0 Å². The minimum Gasteiger partial charge on any atom is -0.506 e. The summed E-state index contributed by atoms with van der Waals surface area (Å²) in [6, 6.07) is 8.72. The van der Waals surface area contributed by atoms with Crippen LogP contribution in [0.1, 0.15) is 5.56 Å². The monoisotopic (exact) mass is 398 g/mol. The molecule has 1 aliphatic heterocycles. The van der Waals surface area contributed by atoms with E-state index in [1.807, 2.05) is 17.0 Å². The molecule has 1 fully saturated rings. The van der Waals surface area contributed by atoms with Gasteiger partial charge in [0.25, 0.3) is 0 Å². The molecule has 9 nitrogen and oxygen atoms in total. The molecule has 2 aromatic heterocycles. The van der Waals surface area contributed by atoms with Gasteiger partial charge in [-0.15, -0.1) is 0 Å². The number of aromatic hydroxyl groups is 1. The van der Waals surface area contributed by atoms with Crippen LogP contribution in [0.15, 0.2) is 36.7 Å². The van der Waals surface area contributed by atoms with E-state index in [0.717, 1.165) is 11.2 Å². The van der Waals surface area contributed by atoms with E-state index in [-0.39, 0.29) is 11.3 Å². The Bertz CT molecular complexity index is 1190. The molecule has 28 heavy (non-hydrogen) atoms. The smallest absolute Gasteiger partial charge is 0.211 e. The van der Waals surface area contributed by atoms with Gasteiger partial charge in [-0.2, -0.15) is 14.7 Å². The van der Waals surface area contributed by atoms with Gasteiger partial charge in [0.05, 0.1) is 18.1 Å². The van der Waals surface area contributed by atoms with Crippen LogP contribution >= 0.6 is 0 Å². The lowest BCUT2D eigenvalue weighted by Crippen LogP contribution is -2.48. The number of nitrogens with zero attached hydrogens (tertiary/aromatic N) is 6. The molecular formula is C18H18N6O3S. The molecule has 0 bridgehead atoms. The van der Waals surface area contributed by atoms with E-state index in [1.165, 1.54) is 16.6 Å². The number of pyridine rings is 1.